The molecule has 37 heavy (non-hydrogen) atoms. The Morgan fingerprint density at radius 2 is 1.70 bits per heavy atom. The minimum absolute atomic E-state index is 0.179. The number of ether oxygens (including phenoxy) is 1. The number of carbonyl (C=O) groups is 5. The van der Waals surface area contributed by atoms with Crippen molar-refractivity contribution in [2.24, 2.45) is 0 Å². The summed E-state index contributed by atoms with van der Waals surface area (Å²) in [5.74, 6) is -4.59. The molecule has 14 heteroatoms. The highest BCUT2D eigenvalue weighted by Crippen LogP contribution is 2.30. The fourth-order valence-corrected chi connectivity index (χ4v) is 3.56. The summed E-state index contributed by atoms with van der Waals surface area (Å²) in [6, 6.07) is 4.36. The molecule has 1 aliphatic heterocycles. The van der Waals surface area contributed by atoms with Crippen LogP contribution in [0.15, 0.2) is 30.3 Å². The number of alkyl carbamates (subject to hydrolysis) is 1. The van der Waals surface area contributed by atoms with E-state index in [1.165, 1.54) is 12.2 Å². The first-order valence-corrected chi connectivity index (χ1v) is 11.4. The van der Waals surface area contributed by atoms with Crippen molar-refractivity contribution >= 4 is 29.8 Å². The zero-order valence-electron chi connectivity index (χ0n) is 20.4. The summed E-state index contributed by atoms with van der Waals surface area (Å²) in [6.07, 6.45) is -6.05. The minimum Gasteiger partial charge on any atom is -0.480 e. The summed E-state index contributed by atoms with van der Waals surface area (Å²) in [5.41, 5.74) is -2.94. The summed E-state index contributed by atoms with van der Waals surface area (Å²) < 4.78 is 46.2. The number of carboxylic acids is 1. The van der Waals surface area contributed by atoms with Crippen molar-refractivity contribution in [2.75, 3.05) is 6.54 Å². The number of likely N-dealkylation sites (tertiary alicyclic amines) is 1. The highest BCUT2D eigenvalue weighted by Gasteiger charge is 2.58. The Balaban J connectivity index is 2.00. The van der Waals surface area contributed by atoms with Crippen LogP contribution in [0.4, 0.5) is 18.0 Å². The first kappa shape index (κ1) is 29.4. The molecule has 204 valence electrons. The third kappa shape index (κ3) is 7.33. The van der Waals surface area contributed by atoms with Gasteiger partial charge in [0.15, 0.2) is 0 Å². The van der Waals surface area contributed by atoms with Crippen LogP contribution in [-0.4, -0.2) is 76.2 Å². The summed E-state index contributed by atoms with van der Waals surface area (Å²) >= 11 is 0. The van der Waals surface area contributed by atoms with Gasteiger partial charge < -0.3 is 25.4 Å². The SMILES string of the molecule is C[C@H](NC(=O)C(C)(NC(=O)OCc1ccccc1)C(F)(F)F)C(=O)N[C@@H](C)C(=O)N1CCC[C@H]1C(=O)O. The molecule has 0 bridgehead atoms. The van der Waals surface area contributed by atoms with E-state index >= 15 is 0 Å². The first-order valence-electron chi connectivity index (χ1n) is 11.4. The number of aliphatic carboxylic acids is 1. The molecule has 0 spiro atoms. The lowest BCUT2D eigenvalue weighted by Gasteiger charge is -2.32. The van der Waals surface area contributed by atoms with Gasteiger partial charge in [-0.05, 0) is 39.2 Å². The number of amides is 4. The molecule has 4 amide bonds. The second-order valence-electron chi connectivity index (χ2n) is 8.76. The van der Waals surface area contributed by atoms with Gasteiger partial charge in [-0.25, -0.2) is 9.59 Å². The molecule has 1 saturated heterocycles. The molecule has 1 aliphatic rings. The molecule has 11 nitrogen and oxygen atoms in total. The van der Waals surface area contributed by atoms with E-state index in [1.807, 2.05) is 5.32 Å². The van der Waals surface area contributed by atoms with Crippen molar-refractivity contribution in [2.45, 2.75) is 70.1 Å². The largest absolute Gasteiger partial charge is 0.480 e. The second-order valence-corrected chi connectivity index (χ2v) is 8.76. The fraction of sp³-hybridized carbons (Fsp3) is 0.522. The van der Waals surface area contributed by atoms with Gasteiger partial charge in [0.1, 0.15) is 24.7 Å². The maximum Gasteiger partial charge on any atom is 0.420 e. The molecular formula is C23H29F3N4O7. The summed E-state index contributed by atoms with van der Waals surface area (Å²) in [6.45, 7) is 2.63. The van der Waals surface area contributed by atoms with E-state index in [0.29, 0.717) is 18.9 Å². The average Bonchev–Trinajstić information content (AvgIpc) is 3.32. The lowest BCUT2D eigenvalue weighted by molar-refractivity contribution is -0.194. The molecule has 1 aromatic carbocycles. The molecule has 4 N–H and O–H groups in total. The van der Waals surface area contributed by atoms with E-state index in [9.17, 15) is 42.3 Å². The third-order valence-electron chi connectivity index (χ3n) is 5.88. The Hall–Kier alpha value is -3.84. The van der Waals surface area contributed by atoms with Crippen LogP contribution in [0.2, 0.25) is 0 Å². The molecule has 4 atom stereocenters. The van der Waals surface area contributed by atoms with Crippen LogP contribution in [0.25, 0.3) is 0 Å². The van der Waals surface area contributed by atoms with Crippen molar-refractivity contribution in [1.82, 2.24) is 20.9 Å². The van der Waals surface area contributed by atoms with E-state index in [0.717, 1.165) is 11.8 Å². The zero-order chi connectivity index (χ0) is 28.0. The number of hydrogen-bond acceptors (Lipinski definition) is 6. The van der Waals surface area contributed by atoms with Gasteiger partial charge in [0.2, 0.25) is 17.4 Å². The first-order chi connectivity index (χ1) is 17.2. The summed E-state index contributed by atoms with van der Waals surface area (Å²) in [5, 5.41) is 14.9. The Kier molecular flexibility index (Phi) is 9.48. The Morgan fingerprint density at radius 3 is 2.27 bits per heavy atom. The Morgan fingerprint density at radius 1 is 1.08 bits per heavy atom. The second kappa shape index (κ2) is 11.9. The van der Waals surface area contributed by atoms with Crippen LogP contribution < -0.4 is 16.0 Å². The Labute approximate surface area is 210 Å². The van der Waals surface area contributed by atoms with E-state index in [2.05, 4.69) is 5.32 Å². The van der Waals surface area contributed by atoms with Crippen LogP contribution in [0.5, 0.6) is 0 Å². The number of benzene rings is 1. The number of nitrogens with one attached hydrogen (secondary N) is 3. The van der Waals surface area contributed by atoms with Gasteiger partial charge in [-0.3, -0.25) is 19.7 Å². The van der Waals surface area contributed by atoms with E-state index < -0.39 is 59.6 Å². The minimum atomic E-state index is -5.26. The Bertz CT molecular complexity index is 1020. The predicted molar refractivity (Wildman–Crippen MR) is 122 cm³/mol. The lowest BCUT2D eigenvalue weighted by Crippen LogP contribution is -2.67. The number of carbonyl (C=O) groups excluding carboxylic acids is 4. The summed E-state index contributed by atoms with van der Waals surface area (Å²) in [4.78, 5) is 62.0. The molecule has 1 fully saturated rings. The van der Waals surface area contributed by atoms with Crippen LogP contribution in [0.3, 0.4) is 0 Å². The van der Waals surface area contributed by atoms with Gasteiger partial charge >= 0.3 is 18.2 Å². The number of nitrogens with zero attached hydrogens (tertiary/aromatic N) is 1. The number of hydrogen-bond donors (Lipinski definition) is 4. The molecule has 1 heterocycles. The van der Waals surface area contributed by atoms with Gasteiger partial charge in [0, 0.05) is 6.54 Å². The topological polar surface area (TPSA) is 154 Å². The molecule has 0 radical (unpaired) electrons. The van der Waals surface area contributed by atoms with Crippen molar-refractivity contribution < 1.29 is 47.0 Å². The van der Waals surface area contributed by atoms with Crippen LogP contribution >= 0.6 is 0 Å². The predicted octanol–water partition coefficient (Wildman–Crippen LogP) is 1.32. The number of alkyl halides is 3. The molecule has 0 aliphatic carbocycles. The van der Waals surface area contributed by atoms with Crippen molar-refractivity contribution in [1.29, 1.82) is 0 Å². The number of carboxylic acid groups (broad SMARTS) is 1. The molecule has 1 aromatic rings. The smallest absolute Gasteiger partial charge is 0.420 e. The van der Waals surface area contributed by atoms with E-state index in [-0.39, 0.29) is 19.6 Å². The molecule has 2 rings (SSSR count). The van der Waals surface area contributed by atoms with Crippen molar-refractivity contribution in [3.63, 3.8) is 0 Å². The maximum atomic E-state index is 13.8. The number of rotatable bonds is 9. The molecule has 0 aromatic heterocycles. The van der Waals surface area contributed by atoms with Crippen LogP contribution in [-0.2, 0) is 30.5 Å². The van der Waals surface area contributed by atoms with Gasteiger partial charge in [-0.1, -0.05) is 30.3 Å². The van der Waals surface area contributed by atoms with Crippen molar-refractivity contribution in [3.8, 4) is 0 Å². The lowest BCUT2D eigenvalue weighted by atomic mass is 10.00. The maximum absolute atomic E-state index is 13.8. The van der Waals surface area contributed by atoms with Crippen LogP contribution in [0, 0.1) is 0 Å². The monoisotopic (exact) mass is 530 g/mol. The normalized spacial score (nSPS) is 18.6. The average molecular weight is 531 g/mol. The molecule has 1 unspecified atom stereocenters. The van der Waals surface area contributed by atoms with Crippen molar-refractivity contribution in [3.05, 3.63) is 35.9 Å². The third-order valence-corrected chi connectivity index (χ3v) is 5.88. The van der Waals surface area contributed by atoms with Gasteiger partial charge in [0.05, 0.1) is 0 Å². The quantitative estimate of drug-likeness (QED) is 0.375. The molecule has 0 saturated carbocycles. The zero-order valence-corrected chi connectivity index (χ0v) is 20.4. The highest BCUT2D eigenvalue weighted by atomic mass is 19.4. The van der Waals surface area contributed by atoms with E-state index in [4.69, 9.17) is 4.74 Å². The molecular weight excluding hydrogens is 501 g/mol. The van der Waals surface area contributed by atoms with Gasteiger partial charge in [-0.2, -0.15) is 13.2 Å². The van der Waals surface area contributed by atoms with Gasteiger partial charge in [-0.15, -0.1) is 0 Å². The summed E-state index contributed by atoms with van der Waals surface area (Å²) in [7, 11) is 0. The number of halogens is 3. The van der Waals surface area contributed by atoms with Crippen LogP contribution in [0.1, 0.15) is 39.2 Å². The van der Waals surface area contributed by atoms with E-state index in [1.54, 1.807) is 30.3 Å². The fourth-order valence-electron chi connectivity index (χ4n) is 3.56. The standard InChI is InChI=1S/C23H29F3N4O7/c1-13(17(31)27-14(2)18(32)30-11-7-10-16(30)19(33)34)28-20(35)22(3,23(24,25)26)29-21(36)37-12-15-8-5-4-6-9-15/h4-6,8-9,13-14,16H,7,10-12H2,1-3H3,(H,27,31)(H,28,35)(H,29,36)(H,33,34)/t13-,14-,16-,22?/m0/s1. The highest BCUT2D eigenvalue weighted by molar-refractivity contribution is 5.96. The van der Waals surface area contributed by atoms with Gasteiger partial charge in [0.25, 0.3) is 5.91 Å².